The maximum atomic E-state index is 15.3. The van der Waals surface area contributed by atoms with Gasteiger partial charge < -0.3 is 19.1 Å². The maximum absolute atomic E-state index is 15.3. The minimum Gasteiger partial charge on any atom is -0.468 e. The highest BCUT2D eigenvalue weighted by atomic mass is 31.2. The minimum absolute atomic E-state index is 0.152. The molecule has 3 rings (SSSR count). The number of methoxy groups -OCH3 is 1. The molecule has 0 radical (unpaired) electrons. The number of carbonyl (C=O) groups is 1. The number of H-pyrrole nitrogens is 1. The van der Waals surface area contributed by atoms with Gasteiger partial charge in [0.15, 0.2) is 11.9 Å². The number of halogens is 1. The van der Waals surface area contributed by atoms with E-state index in [2.05, 4.69) is 9.82 Å². The lowest BCUT2D eigenvalue weighted by Gasteiger charge is -2.24. The molecule has 2 heterocycles. The summed E-state index contributed by atoms with van der Waals surface area (Å²) in [5, 5.41) is 12.8. The van der Waals surface area contributed by atoms with Crippen LogP contribution in [0.2, 0.25) is 0 Å². The summed E-state index contributed by atoms with van der Waals surface area (Å²) in [5.41, 5.74) is -4.10. The lowest BCUT2D eigenvalue weighted by molar-refractivity contribution is -0.139. The smallest absolute Gasteiger partial charge is 0.459 e. The van der Waals surface area contributed by atoms with Crippen LogP contribution < -0.4 is 20.9 Å². The van der Waals surface area contributed by atoms with Gasteiger partial charge in [-0.25, -0.2) is 18.8 Å². The molecule has 1 aromatic heterocycles. The van der Waals surface area contributed by atoms with Crippen molar-refractivity contribution in [2.24, 2.45) is 0 Å². The Balaban J connectivity index is 1.77. The topological polar surface area (TPSA) is 158 Å². The number of aromatic nitrogens is 2. The number of hydrogen-bond acceptors (Lipinski definition) is 9. The molecule has 0 amide bonds. The van der Waals surface area contributed by atoms with E-state index >= 15 is 4.39 Å². The van der Waals surface area contributed by atoms with Crippen LogP contribution in [-0.4, -0.2) is 58.8 Å². The van der Waals surface area contributed by atoms with Crippen LogP contribution in [0.15, 0.2) is 52.2 Å². The van der Waals surface area contributed by atoms with E-state index in [1.54, 1.807) is 18.2 Å². The number of aliphatic hydroxyl groups is 1. The number of benzene rings is 1. The highest BCUT2D eigenvalue weighted by Gasteiger charge is 2.55. The average molecular weight is 487 g/mol. The van der Waals surface area contributed by atoms with E-state index in [4.69, 9.17) is 13.8 Å². The first-order valence-electron chi connectivity index (χ1n) is 9.71. The number of nitrogens with zero attached hydrogens (tertiary/aromatic N) is 1. The molecule has 14 heteroatoms. The highest BCUT2D eigenvalue weighted by molar-refractivity contribution is 7.52. The fraction of sp³-hybridized carbons (Fsp3) is 0.421. The predicted octanol–water partition coefficient (Wildman–Crippen LogP) is 0.489. The minimum atomic E-state index is -4.22. The molecule has 0 bridgehead atoms. The molecule has 0 aliphatic carbocycles. The van der Waals surface area contributed by atoms with Crippen molar-refractivity contribution in [2.45, 2.75) is 31.0 Å². The van der Waals surface area contributed by atoms with E-state index in [1.165, 1.54) is 12.1 Å². The lowest BCUT2D eigenvalue weighted by atomic mass is 9.98. The summed E-state index contributed by atoms with van der Waals surface area (Å²) in [5.74, 6) is -0.597. The van der Waals surface area contributed by atoms with Gasteiger partial charge in [0, 0.05) is 12.3 Å². The second kappa shape index (κ2) is 9.98. The Morgan fingerprint density at radius 1 is 1.33 bits per heavy atom. The number of esters is 1. The first-order valence-corrected chi connectivity index (χ1v) is 11.2. The van der Waals surface area contributed by atoms with Gasteiger partial charge in [-0.05, 0) is 19.1 Å². The van der Waals surface area contributed by atoms with E-state index in [1.807, 2.05) is 4.98 Å². The normalized spacial score (nSPS) is 26.5. The van der Waals surface area contributed by atoms with Crippen molar-refractivity contribution in [2.75, 3.05) is 20.3 Å². The van der Waals surface area contributed by atoms with E-state index in [0.717, 1.165) is 30.9 Å². The Morgan fingerprint density at radius 3 is 2.67 bits per heavy atom. The summed E-state index contributed by atoms with van der Waals surface area (Å²) in [6, 6.07) is 8.91. The Bertz CT molecular complexity index is 1140. The van der Waals surface area contributed by atoms with Gasteiger partial charge in [0.25, 0.3) is 5.56 Å². The number of ether oxygens (including phenoxy) is 2. The van der Waals surface area contributed by atoms with Crippen molar-refractivity contribution in [3.8, 4) is 5.75 Å². The van der Waals surface area contributed by atoms with Crippen LogP contribution in [0.4, 0.5) is 4.39 Å². The van der Waals surface area contributed by atoms with Crippen molar-refractivity contribution < 1.29 is 37.4 Å². The third-order valence-corrected chi connectivity index (χ3v) is 6.33. The van der Waals surface area contributed by atoms with E-state index in [-0.39, 0.29) is 5.75 Å². The summed E-state index contributed by atoms with van der Waals surface area (Å²) >= 11 is 0. The van der Waals surface area contributed by atoms with Crippen molar-refractivity contribution in [1.82, 2.24) is 14.6 Å². The van der Waals surface area contributed by atoms with Crippen LogP contribution in [0.3, 0.4) is 0 Å². The van der Waals surface area contributed by atoms with E-state index in [0.29, 0.717) is 0 Å². The Hall–Kier alpha value is -2.83. The van der Waals surface area contributed by atoms with Gasteiger partial charge in [0.1, 0.15) is 24.5 Å². The molecule has 33 heavy (non-hydrogen) atoms. The number of aliphatic hydroxyl groups excluding tert-OH is 1. The molecule has 0 saturated carbocycles. The third-order valence-electron chi connectivity index (χ3n) is 4.84. The van der Waals surface area contributed by atoms with Crippen molar-refractivity contribution in [3.05, 3.63) is 63.4 Å². The first kappa shape index (κ1) is 24.8. The van der Waals surface area contributed by atoms with Gasteiger partial charge in [0.05, 0.1) is 13.7 Å². The quantitative estimate of drug-likeness (QED) is 0.336. The number of rotatable bonds is 9. The summed E-state index contributed by atoms with van der Waals surface area (Å²) in [7, 11) is -3.08. The fourth-order valence-electron chi connectivity index (χ4n) is 3.09. The van der Waals surface area contributed by atoms with Crippen molar-refractivity contribution in [1.29, 1.82) is 0 Å². The molecular formula is C19H23FN3O9P. The molecule has 5 atom stereocenters. The number of carbonyl (C=O) groups excluding carboxylic acids is 1. The van der Waals surface area contributed by atoms with Gasteiger partial charge in [-0.3, -0.25) is 23.7 Å². The zero-order valence-electron chi connectivity index (χ0n) is 17.7. The monoisotopic (exact) mass is 487 g/mol. The van der Waals surface area contributed by atoms with Crippen molar-refractivity contribution in [3.63, 3.8) is 0 Å². The molecule has 1 fully saturated rings. The van der Waals surface area contributed by atoms with Crippen LogP contribution in [-0.2, 0) is 23.4 Å². The van der Waals surface area contributed by atoms with Crippen LogP contribution in [0.5, 0.6) is 5.75 Å². The number of aromatic amines is 1. The Morgan fingerprint density at radius 2 is 2.03 bits per heavy atom. The van der Waals surface area contributed by atoms with Crippen LogP contribution in [0.1, 0.15) is 13.2 Å². The molecule has 12 nitrogen and oxygen atoms in total. The molecular weight excluding hydrogens is 464 g/mol. The number of alkyl halides is 1. The number of para-hydroxylation sites is 1. The van der Waals surface area contributed by atoms with Gasteiger partial charge in [-0.1, -0.05) is 18.2 Å². The first-order chi connectivity index (χ1) is 15.6. The van der Waals surface area contributed by atoms with E-state index < -0.39 is 62.2 Å². The van der Waals surface area contributed by atoms with Crippen LogP contribution >= 0.6 is 7.75 Å². The molecule has 3 N–H and O–H groups in total. The summed E-state index contributed by atoms with van der Waals surface area (Å²) in [6.45, 7) is -0.145. The molecule has 1 aromatic carbocycles. The predicted molar refractivity (Wildman–Crippen MR) is 111 cm³/mol. The molecule has 1 aliphatic heterocycles. The molecule has 2 unspecified atom stereocenters. The second-order valence-electron chi connectivity index (χ2n) is 7.25. The van der Waals surface area contributed by atoms with Gasteiger partial charge in [-0.2, -0.15) is 0 Å². The third kappa shape index (κ3) is 5.75. The summed E-state index contributed by atoms with van der Waals surface area (Å²) < 4.78 is 49.9. The number of nitrogens with one attached hydrogen (secondary N) is 2. The van der Waals surface area contributed by atoms with E-state index in [9.17, 15) is 24.1 Å². The largest absolute Gasteiger partial charge is 0.468 e. The zero-order chi connectivity index (χ0) is 24.2. The highest BCUT2D eigenvalue weighted by Crippen LogP contribution is 2.46. The Kier molecular flexibility index (Phi) is 7.50. The van der Waals surface area contributed by atoms with Gasteiger partial charge in [0.2, 0.25) is 0 Å². The van der Waals surface area contributed by atoms with Crippen LogP contribution in [0.25, 0.3) is 0 Å². The molecule has 1 aliphatic rings. The summed E-state index contributed by atoms with van der Waals surface area (Å²) in [4.78, 5) is 36.8. The Labute approximate surface area is 186 Å². The van der Waals surface area contributed by atoms with Crippen molar-refractivity contribution >= 4 is 13.7 Å². The number of hydrogen-bond donors (Lipinski definition) is 3. The zero-order valence-corrected chi connectivity index (χ0v) is 18.6. The lowest BCUT2D eigenvalue weighted by Crippen LogP contribution is -2.43. The molecule has 1 saturated heterocycles. The maximum Gasteiger partial charge on any atom is 0.459 e. The second-order valence-corrected chi connectivity index (χ2v) is 9.00. The molecule has 180 valence electrons. The summed E-state index contributed by atoms with van der Waals surface area (Å²) in [6.07, 6.45) is -3.76. The SMILES string of the molecule is COC(=O)CNP(=O)(OC[C@H]1O[C@@H](n2ccc(=O)[nH]c2=O)[C@](C)(F)C1O)Oc1ccccc1. The fourth-order valence-corrected chi connectivity index (χ4v) is 4.37. The molecule has 0 spiro atoms. The van der Waals surface area contributed by atoms with Gasteiger partial charge in [-0.15, -0.1) is 0 Å². The standard InChI is InChI=1S/C19H23FN3O9P/c1-19(20)16(26)13(31-17(19)23-9-8-14(24)22-18(23)27)11-30-33(28,21-10-15(25)29-2)32-12-6-4-3-5-7-12/h3-9,13,16-17,26H,10-11H2,1-2H3,(H,21,28)(H,22,24,27)/t13-,16?,17-,19-,33?/m1/s1. The molecule has 2 aromatic rings. The van der Waals surface area contributed by atoms with Gasteiger partial charge >= 0.3 is 19.4 Å². The van der Waals surface area contributed by atoms with Crippen LogP contribution in [0, 0.1) is 0 Å². The average Bonchev–Trinajstić information content (AvgIpc) is 3.00.